The van der Waals surface area contributed by atoms with E-state index in [-0.39, 0.29) is 17.6 Å². The Kier molecular flexibility index (Phi) is 5.79. The number of furan rings is 1. The maximum Gasteiger partial charge on any atom is 0.272 e. The lowest BCUT2D eigenvalue weighted by molar-refractivity contribution is -0.117. The van der Waals surface area contributed by atoms with Crippen molar-refractivity contribution in [3.63, 3.8) is 0 Å². The Bertz CT molecular complexity index is 1320. The zero-order valence-corrected chi connectivity index (χ0v) is 17.8. The van der Waals surface area contributed by atoms with Crippen molar-refractivity contribution in [2.24, 2.45) is 11.7 Å². The number of H-pyrrole nitrogens is 1. The van der Waals surface area contributed by atoms with Crippen LogP contribution >= 0.6 is 0 Å². The second-order valence-corrected chi connectivity index (χ2v) is 8.15. The molecule has 0 saturated carbocycles. The van der Waals surface area contributed by atoms with Gasteiger partial charge in [-0.1, -0.05) is 26.0 Å². The van der Waals surface area contributed by atoms with Crippen LogP contribution in [0.4, 0.5) is 11.4 Å². The number of nitrogens with two attached hydrogens (primary N) is 1. The Hall–Kier alpha value is -3.91. The van der Waals surface area contributed by atoms with Crippen molar-refractivity contribution in [1.29, 1.82) is 0 Å². The second-order valence-electron chi connectivity index (χ2n) is 8.15. The van der Waals surface area contributed by atoms with Gasteiger partial charge in [0, 0.05) is 16.5 Å². The fourth-order valence-corrected chi connectivity index (χ4v) is 3.62. The molecule has 0 aliphatic heterocycles. The van der Waals surface area contributed by atoms with Gasteiger partial charge >= 0.3 is 0 Å². The van der Waals surface area contributed by atoms with Crippen LogP contribution in [-0.4, -0.2) is 29.1 Å². The van der Waals surface area contributed by atoms with E-state index in [9.17, 15) is 14.4 Å². The molecule has 5 N–H and O–H groups in total. The molecule has 4 rings (SSSR count). The van der Waals surface area contributed by atoms with E-state index in [1.165, 1.54) is 0 Å². The van der Waals surface area contributed by atoms with E-state index in [4.69, 9.17) is 10.2 Å². The highest BCUT2D eigenvalue weighted by atomic mass is 16.3. The lowest BCUT2D eigenvalue weighted by Gasteiger charge is -2.14. The zero-order chi connectivity index (χ0) is 22.8. The number of para-hydroxylation sites is 1. The third-order valence-electron chi connectivity index (χ3n) is 5.13. The Labute approximate surface area is 184 Å². The van der Waals surface area contributed by atoms with Crippen LogP contribution in [0.25, 0.3) is 21.9 Å². The molecule has 8 heteroatoms. The summed E-state index contributed by atoms with van der Waals surface area (Å²) in [5.41, 5.74) is 8.66. The fourth-order valence-electron chi connectivity index (χ4n) is 3.62. The number of fused-ring (bicyclic) bond motifs is 2. The number of aromatic amines is 1. The van der Waals surface area contributed by atoms with Crippen molar-refractivity contribution < 1.29 is 18.8 Å². The van der Waals surface area contributed by atoms with Crippen molar-refractivity contribution >= 4 is 51.3 Å². The van der Waals surface area contributed by atoms with Crippen molar-refractivity contribution in [2.75, 3.05) is 10.6 Å². The molecule has 0 aliphatic rings. The maximum absolute atomic E-state index is 12.8. The van der Waals surface area contributed by atoms with E-state index in [1.807, 2.05) is 19.9 Å². The maximum atomic E-state index is 12.8. The number of aldehydes is 1. The molecule has 4 aromatic rings. The van der Waals surface area contributed by atoms with E-state index in [1.54, 1.807) is 42.5 Å². The Morgan fingerprint density at radius 3 is 2.66 bits per heavy atom. The molecule has 0 spiro atoms. The number of carbonyl (C=O) groups is 3. The molecule has 1 atom stereocenters. The van der Waals surface area contributed by atoms with E-state index in [0.717, 1.165) is 5.39 Å². The van der Waals surface area contributed by atoms with Crippen LogP contribution in [0.5, 0.6) is 0 Å². The number of rotatable bonds is 7. The molecule has 164 valence electrons. The largest absolute Gasteiger partial charge is 0.453 e. The van der Waals surface area contributed by atoms with Gasteiger partial charge in [-0.15, -0.1) is 0 Å². The van der Waals surface area contributed by atoms with Crippen molar-refractivity contribution in [2.45, 2.75) is 26.3 Å². The van der Waals surface area contributed by atoms with E-state index >= 15 is 0 Å². The highest BCUT2D eigenvalue weighted by Crippen LogP contribution is 2.26. The number of benzene rings is 2. The highest BCUT2D eigenvalue weighted by Gasteiger charge is 2.18. The van der Waals surface area contributed by atoms with Gasteiger partial charge in [0.25, 0.3) is 5.91 Å². The molecule has 0 aliphatic carbocycles. The third-order valence-corrected chi connectivity index (χ3v) is 5.13. The quantitative estimate of drug-likeness (QED) is 0.324. The van der Waals surface area contributed by atoms with Crippen molar-refractivity contribution in [3.8, 4) is 0 Å². The molecule has 0 fully saturated rings. The molecule has 0 saturated heterocycles. The smallest absolute Gasteiger partial charge is 0.272 e. The second kappa shape index (κ2) is 8.68. The van der Waals surface area contributed by atoms with Crippen LogP contribution in [0.2, 0.25) is 0 Å². The molecule has 8 nitrogen and oxygen atoms in total. The van der Waals surface area contributed by atoms with E-state index < -0.39 is 6.04 Å². The monoisotopic (exact) mass is 432 g/mol. The Morgan fingerprint density at radius 1 is 1.09 bits per heavy atom. The van der Waals surface area contributed by atoms with Gasteiger partial charge in [0.2, 0.25) is 5.91 Å². The number of amides is 2. The molecule has 2 heterocycles. The van der Waals surface area contributed by atoms with Gasteiger partial charge in [0.1, 0.15) is 11.3 Å². The summed E-state index contributed by atoms with van der Waals surface area (Å²) in [5, 5.41) is 7.18. The van der Waals surface area contributed by atoms with Crippen LogP contribution in [0.3, 0.4) is 0 Å². The Balaban J connectivity index is 1.54. The molecule has 0 unspecified atom stereocenters. The van der Waals surface area contributed by atoms with Gasteiger partial charge in [-0.05, 0) is 48.7 Å². The van der Waals surface area contributed by atoms with Gasteiger partial charge in [-0.2, -0.15) is 0 Å². The molecule has 2 aromatic carbocycles. The minimum absolute atomic E-state index is 0.224. The summed E-state index contributed by atoms with van der Waals surface area (Å²) in [4.78, 5) is 39.2. The first kappa shape index (κ1) is 21.3. The fraction of sp³-hybridized carbons (Fsp3) is 0.208. The number of anilines is 2. The van der Waals surface area contributed by atoms with Crippen LogP contribution in [0.1, 0.15) is 41.3 Å². The first-order valence-corrected chi connectivity index (χ1v) is 10.3. The van der Waals surface area contributed by atoms with E-state index in [0.29, 0.717) is 52.2 Å². The average molecular weight is 432 g/mol. The van der Waals surface area contributed by atoms with Gasteiger partial charge < -0.3 is 25.8 Å². The zero-order valence-electron chi connectivity index (χ0n) is 17.8. The predicted octanol–water partition coefficient (Wildman–Crippen LogP) is 4.29. The SMILES string of the molecule is CC(C)C[C@H](N)C(=O)Nc1cccc2cc(C(=O)Nc3ccc4oc(C=O)cc4c3)[nH]c12. The summed E-state index contributed by atoms with van der Waals surface area (Å²) in [7, 11) is 0. The van der Waals surface area contributed by atoms with Gasteiger partial charge in [-0.3, -0.25) is 14.4 Å². The number of hydrogen-bond donors (Lipinski definition) is 4. The minimum Gasteiger partial charge on any atom is -0.453 e. The summed E-state index contributed by atoms with van der Waals surface area (Å²) in [6.07, 6.45) is 1.21. The summed E-state index contributed by atoms with van der Waals surface area (Å²) in [6, 6.07) is 13.3. The molecular weight excluding hydrogens is 408 g/mol. The van der Waals surface area contributed by atoms with Crippen molar-refractivity contribution in [3.05, 3.63) is 60.0 Å². The van der Waals surface area contributed by atoms with Crippen LogP contribution < -0.4 is 16.4 Å². The molecule has 0 radical (unpaired) electrons. The standard InChI is InChI=1S/C24H24N4O4/c1-13(2)8-18(25)23(30)28-19-5-3-4-14-11-20(27-22(14)19)24(31)26-16-6-7-21-15(9-16)10-17(12-29)32-21/h3-7,9-13,18,27H,8,25H2,1-2H3,(H,26,31)(H,28,30)/t18-/m0/s1. The molecular formula is C24H24N4O4. The number of nitrogens with one attached hydrogen (secondary N) is 3. The number of aromatic nitrogens is 1. The molecule has 0 bridgehead atoms. The number of hydrogen-bond acceptors (Lipinski definition) is 5. The minimum atomic E-state index is -0.611. The third kappa shape index (κ3) is 4.40. The molecule has 2 aromatic heterocycles. The van der Waals surface area contributed by atoms with Crippen LogP contribution in [0.15, 0.2) is 52.9 Å². The van der Waals surface area contributed by atoms with E-state index in [2.05, 4.69) is 15.6 Å². The van der Waals surface area contributed by atoms with Crippen molar-refractivity contribution in [1.82, 2.24) is 4.98 Å². The summed E-state index contributed by atoms with van der Waals surface area (Å²) in [5.74, 6) is -0.0799. The van der Waals surface area contributed by atoms with Crippen LogP contribution in [0, 0.1) is 5.92 Å². The topological polar surface area (TPSA) is 130 Å². The van der Waals surface area contributed by atoms with Crippen LogP contribution in [-0.2, 0) is 4.79 Å². The lowest BCUT2D eigenvalue weighted by atomic mass is 10.0. The predicted molar refractivity (Wildman–Crippen MR) is 124 cm³/mol. The first-order chi connectivity index (χ1) is 15.3. The van der Waals surface area contributed by atoms with Gasteiger partial charge in [0.15, 0.2) is 12.0 Å². The Morgan fingerprint density at radius 2 is 1.91 bits per heavy atom. The summed E-state index contributed by atoms with van der Waals surface area (Å²) in [6.45, 7) is 4.02. The number of carbonyl (C=O) groups excluding carboxylic acids is 3. The summed E-state index contributed by atoms with van der Waals surface area (Å²) >= 11 is 0. The molecule has 32 heavy (non-hydrogen) atoms. The summed E-state index contributed by atoms with van der Waals surface area (Å²) < 4.78 is 5.35. The molecule has 2 amide bonds. The highest BCUT2D eigenvalue weighted by molar-refractivity contribution is 6.09. The normalized spacial score (nSPS) is 12.2. The first-order valence-electron chi connectivity index (χ1n) is 10.3. The van der Waals surface area contributed by atoms with Gasteiger partial charge in [-0.25, -0.2) is 0 Å². The average Bonchev–Trinajstić information content (AvgIpc) is 3.37. The lowest BCUT2D eigenvalue weighted by Crippen LogP contribution is -2.36. The van der Waals surface area contributed by atoms with Gasteiger partial charge in [0.05, 0.1) is 17.2 Å².